The number of fused-ring (bicyclic) bond motifs is 1. The summed E-state index contributed by atoms with van der Waals surface area (Å²) in [7, 11) is 0. The van der Waals surface area contributed by atoms with Gasteiger partial charge in [0, 0.05) is 11.6 Å². The molecule has 4 heteroatoms. The summed E-state index contributed by atoms with van der Waals surface area (Å²) in [6.45, 7) is 1.35. The SMILES string of the molecule is CC(C)Oc1ccc2c(ccn2C(F)F)c1. The van der Waals surface area contributed by atoms with Gasteiger partial charge in [-0.05, 0) is 38.1 Å². The molecule has 1 heterocycles. The highest BCUT2D eigenvalue weighted by Crippen LogP contribution is 2.26. The van der Waals surface area contributed by atoms with Crippen LogP contribution >= 0.6 is 0 Å². The molecule has 0 saturated heterocycles. The third-order valence-corrected chi connectivity index (χ3v) is 2.27. The highest BCUT2D eigenvalue weighted by atomic mass is 19.3. The average molecular weight is 225 g/mol. The third kappa shape index (κ3) is 2.01. The highest BCUT2D eigenvalue weighted by molar-refractivity contribution is 5.81. The Morgan fingerprint density at radius 2 is 1.94 bits per heavy atom. The number of nitrogens with zero attached hydrogens (tertiary/aromatic N) is 1. The van der Waals surface area contributed by atoms with E-state index in [2.05, 4.69) is 0 Å². The minimum Gasteiger partial charge on any atom is -0.491 e. The van der Waals surface area contributed by atoms with Crippen molar-refractivity contribution in [2.45, 2.75) is 26.5 Å². The standard InChI is InChI=1S/C12H13F2NO/c1-8(2)16-10-3-4-11-9(7-10)5-6-15(11)12(13)14/h3-8,12H,1-2H3. The Morgan fingerprint density at radius 1 is 1.19 bits per heavy atom. The first kappa shape index (κ1) is 10.9. The van der Waals surface area contributed by atoms with E-state index in [1.54, 1.807) is 24.3 Å². The summed E-state index contributed by atoms with van der Waals surface area (Å²) < 4.78 is 31.6. The smallest absolute Gasteiger partial charge is 0.319 e. The number of aromatic nitrogens is 1. The molecule has 1 aromatic heterocycles. The van der Waals surface area contributed by atoms with E-state index < -0.39 is 6.55 Å². The predicted octanol–water partition coefficient (Wildman–Crippen LogP) is 3.82. The van der Waals surface area contributed by atoms with Gasteiger partial charge in [-0.1, -0.05) is 0 Å². The second kappa shape index (κ2) is 4.12. The molecule has 0 aliphatic heterocycles. The van der Waals surface area contributed by atoms with Crippen LogP contribution in [-0.4, -0.2) is 10.7 Å². The summed E-state index contributed by atoms with van der Waals surface area (Å²) in [6.07, 6.45) is 1.46. The normalized spacial score (nSPS) is 11.6. The predicted molar refractivity (Wildman–Crippen MR) is 59.0 cm³/mol. The van der Waals surface area contributed by atoms with Gasteiger partial charge < -0.3 is 4.74 Å². The minimum absolute atomic E-state index is 0.0784. The lowest BCUT2D eigenvalue weighted by atomic mass is 10.2. The summed E-state index contributed by atoms with van der Waals surface area (Å²) >= 11 is 0. The van der Waals surface area contributed by atoms with Crippen LogP contribution in [0.15, 0.2) is 30.5 Å². The van der Waals surface area contributed by atoms with E-state index in [-0.39, 0.29) is 6.10 Å². The van der Waals surface area contributed by atoms with Crippen LogP contribution in [0.5, 0.6) is 5.75 Å². The zero-order valence-electron chi connectivity index (χ0n) is 9.15. The van der Waals surface area contributed by atoms with Crippen LogP contribution in [0.1, 0.15) is 20.4 Å². The molecule has 0 atom stereocenters. The van der Waals surface area contributed by atoms with E-state index >= 15 is 0 Å². The van der Waals surface area contributed by atoms with Gasteiger partial charge in [-0.2, -0.15) is 8.78 Å². The van der Waals surface area contributed by atoms with Gasteiger partial charge in [0.05, 0.1) is 11.6 Å². The Hall–Kier alpha value is -1.58. The fraction of sp³-hybridized carbons (Fsp3) is 0.333. The molecular weight excluding hydrogens is 212 g/mol. The van der Waals surface area contributed by atoms with Crippen molar-refractivity contribution in [1.82, 2.24) is 4.57 Å². The van der Waals surface area contributed by atoms with Crippen LogP contribution < -0.4 is 4.74 Å². The molecule has 0 aliphatic rings. The molecule has 0 amide bonds. The van der Waals surface area contributed by atoms with Gasteiger partial charge in [0.15, 0.2) is 0 Å². The molecule has 0 fully saturated rings. The van der Waals surface area contributed by atoms with Gasteiger partial charge >= 0.3 is 6.55 Å². The minimum atomic E-state index is -2.51. The van der Waals surface area contributed by atoms with Crippen LogP contribution in [0, 0.1) is 0 Å². The Bertz CT molecular complexity index is 491. The molecule has 0 N–H and O–H groups in total. The van der Waals surface area contributed by atoms with E-state index in [9.17, 15) is 8.78 Å². The number of ether oxygens (including phenoxy) is 1. The van der Waals surface area contributed by atoms with Crippen molar-refractivity contribution < 1.29 is 13.5 Å². The first-order chi connectivity index (χ1) is 7.58. The summed E-state index contributed by atoms with van der Waals surface area (Å²) in [5, 5.41) is 0.762. The monoisotopic (exact) mass is 225 g/mol. The highest BCUT2D eigenvalue weighted by Gasteiger charge is 2.09. The van der Waals surface area contributed by atoms with Crippen molar-refractivity contribution in [2.24, 2.45) is 0 Å². The summed E-state index contributed by atoms with van der Waals surface area (Å²) in [5.74, 6) is 0.703. The third-order valence-electron chi connectivity index (χ3n) is 2.27. The van der Waals surface area contributed by atoms with Gasteiger partial charge in [-0.3, -0.25) is 4.57 Å². The zero-order chi connectivity index (χ0) is 11.7. The Kier molecular flexibility index (Phi) is 2.81. The second-order valence-electron chi connectivity index (χ2n) is 3.89. The number of benzene rings is 1. The molecule has 1 aromatic carbocycles. The number of rotatable bonds is 3. The van der Waals surface area contributed by atoms with E-state index in [1.807, 2.05) is 13.8 Å². The van der Waals surface area contributed by atoms with Crippen molar-refractivity contribution in [1.29, 1.82) is 0 Å². The molecule has 16 heavy (non-hydrogen) atoms. The van der Waals surface area contributed by atoms with Crippen molar-refractivity contribution >= 4 is 10.9 Å². The maximum Gasteiger partial charge on any atom is 0.319 e. The number of alkyl halides is 2. The molecule has 2 rings (SSSR count). The first-order valence-corrected chi connectivity index (χ1v) is 5.13. The molecule has 0 saturated carbocycles. The zero-order valence-corrected chi connectivity index (χ0v) is 9.15. The van der Waals surface area contributed by atoms with Crippen LogP contribution in [0.2, 0.25) is 0 Å². The molecule has 86 valence electrons. The largest absolute Gasteiger partial charge is 0.491 e. The van der Waals surface area contributed by atoms with E-state index in [4.69, 9.17) is 4.74 Å². The van der Waals surface area contributed by atoms with Crippen LogP contribution in [0.4, 0.5) is 8.78 Å². The molecule has 2 nitrogen and oxygen atoms in total. The van der Waals surface area contributed by atoms with Gasteiger partial charge in [-0.15, -0.1) is 0 Å². The van der Waals surface area contributed by atoms with Gasteiger partial charge in [0.25, 0.3) is 0 Å². The number of halogens is 2. The second-order valence-corrected chi connectivity index (χ2v) is 3.89. The maximum atomic E-state index is 12.6. The van der Waals surface area contributed by atoms with Crippen LogP contribution in [0.25, 0.3) is 10.9 Å². The lowest BCUT2D eigenvalue weighted by Gasteiger charge is -2.10. The molecule has 0 radical (unpaired) electrons. The molecule has 0 bridgehead atoms. The molecule has 0 aliphatic carbocycles. The fourth-order valence-electron chi connectivity index (χ4n) is 1.66. The first-order valence-electron chi connectivity index (χ1n) is 5.13. The van der Waals surface area contributed by atoms with Crippen molar-refractivity contribution in [3.8, 4) is 5.75 Å². The average Bonchev–Trinajstić information content (AvgIpc) is 2.59. The Morgan fingerprint density at radius 3 is 2.56 bits per heavy atom. The number of hydrogen-bond donors (Lipinski definition) is 0. The molecule has 2 aromatic rings. The summed E-state index contributed by atoms with van der Waals surface area (Å²) in [5.41, 5.74) is 0.520. The maximum absolute atomic E-state index is 12.6. The van der Waals surface area contributed by atoms with Gasteiger partial charge in [-0.25, -0.2) is 0 Å². The Balaban J connectivity index is 2.41. The van der Waals surface area contributed by atoms with Gasteiger partial charge in [0.2, 0.25) is 0 Å². The topological polar surface area (TPSA) is 14.2 Å². The van der Waals surface area contributed by atoms with Crippen LogP contribution in [0.3, 0.4) is 0 Å². The van der Waals surface area contributed by atoms with E-state index in [0.717, 1.165) is 9.95 Å². The lowest BCUT2D eigenvalue weighted by Crippen LogP contribution is -2.05. The Labute approximate surface area is 92.4 Å². The van der Waals surface area contributed by atoms with Crippen LogP contribution in [-0.2, 0) is 0 Å². The van der Waals surface area contributed by atoms with Crippen molar-refractivity contribution in [3.05, 3.63) is 30.5 Å². The van der Waals surface area contributed by atoms with Gasteiger partial charge in [0.1, 0.15) is 5.75 Å². The van der Waals surface area contributed by atoms with Crippen molar-refractivity contribution in [2.75, 3.05) is 0 Å². The summed E-state index contributed by atoms with van der Waals surface area (Å²) in [4.78, 5) is 0. The molecule has 0 spiro atoms. The van der Waals surface area contributed by atoms with E-state index in [0.29, 0.717) is 11.3 Å². The summed E-state index contributed by atoms with van der Waals surface area (Å²) in [6, 6.07) is 6.79. The van der Waals surface area contributed by atoms with E-state index in [1.165, 1.54) is 6.20 Å². The molecule has 0 unspecified atom stereocenters. The quantitative estimate of drug-likeness (QED) is 0.774. The van der Waals surface area contributed by atoms with Crippen molar-refractivity contribution in [3.63, 3.8) is 0 Å². The fourth-order valence-corrected chi connectivity index (χ4v) is 1.66. The number of hydrogen-bond acceptors (Lipinski definition) is 1. The molecular formula is C12H13F2NO. The lowest BCUT2D eigenvalue weighted by molar-refractivity contribution is 0.0752.